The number of piperidine rings is 1. The van der Waals surface area contributed by atoms with Crippen LogP contribution in [0.2, 0.25) is 0 Å². The second-order valence-corrected chi connectivity index (χ2v) is 8.31. The molecule has 1 N–H and O–H groups in total. The molecule has 0 aliphatic carbocycles. The molecule has 0 unspecified atom stereocenters. The van der Waals surface area contributed by atoms with Crippen LogP contribution in [0.3, 0.4) is 0 Å². The molecule has 2 amide bonds. The lowest BCUT2D eigenvalue weighted by Gasteiger charge is -2.30. The fourth-order valence-electron chi connectivity index (χ4n) is 4.09. The minimum atomic E-state index is -0.117. The van der Waals surface area contributed by atoms with Gasteiger partial charge in [-0.3, -0.25) is 14.5 Å². The van der Waals surface area contributed by atoms with Gasteiger partial charge in [0.25, 0.3) is 5.91 Å². The van der Waals surface area contributed by atoms with Crippen molar-refractivity contribution in [1.82, 2.24) is 4.90 Å². The first-order valence-electron chi connectivity index (χ1n) is 10.6. The lowest BCUT2D eigenvalue weighted by atomic mass is 9.99. The van der Waals surface area contributed by atoms with E-state index >= 15 is 0 Å². The van der Waals surface area contributed by atoms with Gasteiger partial charge in [-0.2, -0.15) is 0 Å². The van der Waals surface area contributed by atoms with E-state index in [1.807, 2.05) is 36.4 Å². The van der Waals surface area contributed by atoms with Crippen LogP contribution in [-0.4, -0.2) is 36.3 Å². The van der Waals surface area contributed by atoms with E-state index in [2.05, 4.69) is 29.3 Å². The molecule has 0 aromatic heterocycles. The van der Waals surface area contributed by atoms with Gasteiger partial charge in [0.15, 0.2) is 0 Å². The first-order valence-corrected chi connectivity index (χ1v) is 10.6. The molecule has 4 rings (SSSR count). The monoisotopic (exact) mass is 391 g/mol. The molecule has 0 atom stereocenters. The molecule has 2 aromatic carbocycles. The summed E-state index contributed by atoms with van der Waals surface area (Å²) in [5, 5.41) is 2.94. The average Bonchev–Trinajstić information content (AvgIpc) is 3.17. The Morgan fingerprint density at radius 2 is 1.69 bits per heavy atom. The zero-order valence-electron chi connectivity index (χ0n) is 17.1. The zero-order valence-corrected chi connectivity index (χ0v) is 17.1. The second kappa shape index (κ2) is 8.78. The van der Waals surface area contributed by atoms with Gasteiger partial charge < -0.3 is 10.2 Å². The third kappa shape index (κ3) is 4.85. The predicted octanol–water partition coefficient (Wildman–Crippen LogP) is 4.30. The molecule has 2 heterocycles. The quantitative estimate of drug-likeness (QED) is 0.827. The van der Waals surface area contributed by atoms with Crippen LogP contribution in [0, 0.1) is 5.92 Å². The van der Waals surface area contributed by atoms with Gasteiger partial charge in [-0.05, 0) is 80.2 Å². The number of benzene rings is 2. The van der Waals surface area contributed by atoms with Crippen molar-refractivity contribution in [1.29, 1.82) is 0 Å². The number of nitrogens with zero attached hydrogens (tertiary/aromatic N) is 2. The maximum atomic E-state index is 12.6. The highest BCUT2D eigenvalue weighted by Gasteiger charge is 2.21. The lowest BCUT2D eigenvalue weighted by molar-refractivity contribution is -0.117. The molecule has 0 radical (unpaired) electrons. The van der Waals surface area contributed by atoms with Crippen LogP contribution in [0.15, 0.2) is 48.5 Å². The van der Waals surface area contributed by atoms with E-state index in [1.165, 1.54) is 18.4 Å². The average molecular weight is 392 g/mol. The fraction of sp³-hybridized carbons (Fsp3) is 0.417. The van der Waals surface area contributed by atoms with Gasteiger partial charge in [-0.15, -0.1) is 0 Å². The van der Waals surface area contributed by atoms with Crippen LogP contribution in [0.5, 0.6) is 0 Å². The summed E-state index contributed by atoms with van der Waals surface area (Å²) in [5.74, 6) is 0.886. The Balaban J connectivity index is 1.33. The number of likely N-dealkylation sites (tertiary alicyclic amines) is 1. The van der Waals surface area contributed by atoms with Crippen LogP contribution in [0.4, 0.5) is 11.4 Å². The maximum absolute atomic E-state index is 12.6. The SMILES string of the molecule is CC1CCN(Cc2ccc(C(=O)Nc3ccc(N4CCCC4=O)cc3)cc2)CC1. The van der Waals surface area contributed by atoms with Crippen LogP contribution in [0.1, 0.15) is 48.5 Å². The topological polar surface area (TPSA) is 52.7 Å². The van der Waals surface area contributed by atoms with E-state index in [0.29, 0.717) is 12.0 Å². The van der Waals surface area contributed by atoms with Crippen LogP contribution in [-0.2, 0) is 11.3 Å². The summed E-state index contributed by atoms with van der Waals surface area (Å²) in [5.41, 5.74) is 3.52. The molecule has 152 valence electrons. The number of amides is 2. The van der Waals surface area contributed by atoms with E-state index in [1.54, 1.807) is 4.90 Å². The summed E-state index contributed by atoms with van der Waals surface area (Å²) in [6.07, 6.45) is 4.06. The maximum Gasteiger partial charge on any atom is 0.255 e. The normalized spacial score (nSPS) is 18.2. The summed E-state index contributed by atoms with van der Waals surface area (Å²) in [4.78, 5) is 28.7. The summed E-state index contributed by atoms with van der Waals surface area (Å²) in [6.45, 7) is 6.35. The highest BCUT2D eigenvalue weighted by Crippen LogP contribution is 2.23. The van der Waals surface area contributed by atoms with Crippen LogP contribution in [0.25, 0.3) is 0 Å². The number of anilines is 2. The van der Waals surface area contributed by atoms with E-state index in [9.17, 15) is 9.59 Å². The zero-order chi connectivity index (χ0) is 20.2. The smallest absolute Gasteiger partial charge is 0.255 e. The molecule has 2 aliphatic rings. The van der Waals surface area contributed by atoms with E-state index in [0.717, 1.165) is 49.9 Å². The number of carbonyl (C=O) groups is 2. The Bertz CT molecular complexity index is 853. The minimum absolute atomic E-state index is 0.117. The highest BCUT2D eigenvalue weighted by atomic mass is 16.2. The molecule has 2 saturated heterocycles. The molecule has 29 heavy (non-hydrogen) atoms. The number of nitrogens with one attached hydrogen (secondary N) is 1. The van der Waals surface area contributed by atoms with Gasteiger partial charge in [-0.25, -0.2) is 0 Å². The van der Waals surface area contributed by atoms with Crippen LogP contribution >= 0.6 is 0 Å². The molecule has 0 saturated carbocycles. The van der Waals surface area contributed by atoms with Crippen molar-refractivity contribution in [2.24, 2.45) is 5.92 Å². The van der Waals surface area contributed by atoms with Crippen molar-refractivity contribution in [3.63, 3.8) is 0 Å². The Labute approximate surface area is 172 Å². The van der Waals surface area contributed by atoms with Gasteiger partial charge in [0.05, 0.1) is 0 Å². The van der Waals surface area contributed by atoms with E-state index in [4.69, 9.17) is 0 Å². The van der Waals surface area contributed by atoms with Crippen molar-refractivity contribution in [2.45, 2.75) is 39.2 Å². The molecular weight excluding hydrogens is 362 g/mol. The molecule has 2 aromatic rings. The van der Waals surface area contributed by atoms with Gasteiger partial charge in [0.1, 0.15) is 0 Å². The predicted molar refractivity (Wildman–Crippen MR) is 116 cm³/mol. The van der Waals surface area contributed by atoms with E-state index in [-0.39, 0.29) is 11.8 Å². The highest BCUT2D eigenvalue weighted by molar-refractivity contribution is 6.04. The number of hydrogen-bond donors (Lipinski definition) is 1. The first-order chi connectivity index (χ1) is 14.1. The van der Waals surface area contributed by atoms with Gasteiger partial charge in [0, 0.05) is 36.4 Å². The molecular formula is C24H29N3O2. The van der Waals surface area contributed by atoms with Crippen LogP contribution < -0.4 is 10.2 Å². The molecule has 5 nitrogen and oxygen atoms in total. The van der Waals surface area contributed by atoms with Gasteiger partial charge in [-0.1, -0.05) is 19.1 Å². The Hall–Kier alpha value is -2.66. The fourth-order valence-corrected chi connectivity index (χ4v) is 4.09. The van der Waals surface area contributed by atoms with E-state index < -0.39 is 0 Å². The number of carbonyl (C=O) groups excluding carboxylic acids is 2. The van der Waals surface area contributed by atoms with Crippen molar-refractivity contribution < 1.29 is 9.59 Å². The summed E-state index contributed by atoms with van der Waals surface area (Å²) in [6, 6.07) is 15.4. The van der Waals surface area contributed by atoms with Crippen molar-refractivity contribution in [3.05, 3.63) is 59.7 Å². The molecule has 2 aliphatic heterocycles. The molecule has 2 fully saturated rings. The van der Waals surface area contributed by atoms with Crippen molar-refractivity contribution in [3.8, 4) is 0 Å². The summed E-state index contributed by atoms with van der Waals surface area (Å²) in [7, 11) is 0. The summed E-state index contributed by atoms with van der Waals surface area (Å²) >= 11 is 0. The van der Waals surface area contributed by atoms with Gasteiger partial charge >= 0.3 is 0 Å². The number of rotatable bonds is 5. The van der Waals surface area contributed by atoms with Gasteiger partial charge in [0.2, 0.25) is 5.91 Å². The molecule has 5 heteroatoms. The standard InChI is InChI=1S/C24H29N3O2/c1-18-12-15-26(16-13-18)17-19-4-6-20(7-5-19)24(29)25-21-8-10-22(11-9-21)27-14-2-3-23(27)28/h4-11,18H,2-3,12-17H2,1H3,(H,25,29). The second-order valence-electron chi connectivity index (χ2n) is 8.31. The van der Waals surface area contributed by atoms with Crippen molar-refractivity contribution in [2.75, 3.05) is 29.9 Å². The largest absolute Gasteiger partial charge is 0.322 e. The molecule has 0 bridgehead atoms. The third-order valence-electron chi connectivity index (χ3n) is 6.01. The first kappa shape index (κ1) is 19.6. The lowest BCUT2D eigenvalue weighted by Crippen LogP contribution is -2.32. The Morgan fingerprint density at radius 1 is 1.00 bits per heavy atom. The Kier molecular flexibility index (Phi) is 5.95. The third-order valence-corrected chi connectivity index (χ3v) is 6.01. The van der Waals surface area contributed by atoms with Crippen molar-refractivity contribution >= 4 is 23.2 Å². The minimum Gasteiger partial charge on any atom is -0.322 e. The number of hydrogen-bond acceptors (Lipinski definition) is 3. The summed E-state index contributed by atoms with van der Waals surface area (Å²) < 4.78 is 0. The Morgan fingerprint density at radius 3 is 2.31 bits per heavy atom. The molecule has 0 spiro atoms.